The van der Waals surface area contributed by atoms with Crippen molar-refractivity contribution in [2.24, 2.45) is 0 Å². The summed E-state index contributed by atoms with van der Waals surface area (Å²) >= 11 is 0. The minimum atomic E-state index is -1.15. The number of allylic oxidation sites excluding steroid dienone is 4. The van der Waals surface area contributed by atoms with E-state index in [1.54, 1.807) is 18.2 Å². The summed E-state index contributed by atoms with van der Waals surface area (Å²) in [5.41, 5.74) is 1.09. The molecule has 4 heteroatoms. The molecule has 72 valence electrons. The van der Waals surface area contributed by atoms with E-state index >= 15 is 0 Å². The first-order valence-corrected chi connectivity index (χ1v) is 3.84. The van der Waals surface area contributed by atoms with Gasteiger partial charge in [0, 0.05) is 11.6 Å². The molecule has 1 rings (SSSR count). The van der Waals surface area contributed by atoms with E-state index in [0.29, 0.717) is 11.3 Å². The summed E-state index contributed by atoms with van der Waals surface area (Å²) in [6.07, 6.45) is 4.77. The van der Waals surface area contributed by atoms with E-state index in [1.807, 2.05) is 0 Å². The van der Waals surface area contributed by atoms with Gasteiger partial charge in [0.2, 0.25) is 5.76 Å². The first-order valence-electron chi connectivity index (χ1n) is 3.84. The summed E-state index contributed by atoms with van der Waals surface area (Å²) in [4.78, 5) is 10.5. The summed E-state index contributed by atoms with van der Waals surface area (Å²) in [7, 11) is 0. The highest BCUT2D eigenvalue weighted by atomic mass is 16.5. The molecular weight excluding hydrogens is 182 g/mol. The maximum absolute atomic E-state index is 10.5. The summed E-state index contributed by atoms with van der Waals surface area (Å²) in [6, 6.07) is 1.33. The molecule has 0 aromatic carbocycles. The standard InChI is InChI=1S/C10H9NO3/c1-3-5-7(4-2)8-6-9(10(12)13)14-11-8/h3-6H,1-2H2,(H,12,13)/b7-5+. The van der Waals surface area contributed by atoms with Crippen LogP contribution in [0.25, 0.3) is 5.57 Å². The van der Waals surface area contributed by atoms with Crippen LogP contribution in [0.2, 0.25) is 0 Å². The van der Waals surface area contributed by atoms with Gasteiger partial charge in [0.25, 0.3) is 0 Å². The smallest absolute Gasteiger partial charge is 0.374 e. The van der Waals surface area contributed by atoms with Gasteiger partial charge in [-0.2, -0.15) is 0 Å². The minimum Gasteiger partial charge on any atom is -0.475 e. The van der Waals surface area contributed by atoms with Gasteiger partial charge in [0.1, 0.15) is 5.69 Å². The minimum absolute atomic E-state index is 0.197. The van der Waals surface area contributed by atoms with Crippen LogP contribution in [0.5, 0.6) is 0 Å². The molecule has 1 N–H and O–H groups in total. The number of aromatic nitrogens is 1. The van der Waals surface area contributed by atoms with Crippen molar-refractivity contribution in [1.82, 2.24) is 5.16 Å². The molecule has 0 bridgehead atoms. The zero-order chi connectivity index (χ0) is 10.6. The van der Waals surface area contributed by atoms with Gasteiger partial charge in [-0.25, -0.2) is 4.79 Å². The second kappa shape index (κ2) is 4.23. The predicted molar refractivity (Wildman–Crippen MR) is 51.8 cm³/mol. The fourth-order valence-corrected chi connectivity index (χ4v) is 0.897. The Balaban J connectivity index is 3.06. The lowest BCUT2D eigenvalue weighted by atomic mass is 10.1. The summed E-state index contributed by atoms with van der Waals surface area (Å²) < 4.78 is 4.58. The van der Waals surface area contributed by atoms with Crippen LogP contribution < -0.4 is 0 Å². The molecule has 0 amide bonds. The Kier molecular flexibility index (Phi) is 3.01. The summed E-state index contributed by atoms with van der Waals surface area (Å²) in [5, 5.41) is 12.2. The lowest BCUT2D eigenvalue weighted by Gasteiger charge is -1.90. The SMILES string of the molecule is C=C/C=C(\C=C)c1cc(C(=O)O)on1. The van der Waals surface area contributed by atoms with Crippen molar-refractivity contribution in [3.8, 4) is 0 Å². The lowest BCUT2D eigenvalue weighted by Crippen LogP contribution is -1.91. The fourth-order valence-electron chi connectivity index (χ4n) is 0.897. The predicted octanol–water partition coefficient (Wildman–Crippen LogP) is 2.13. The Morgan fingerprint density at radius 1 is 1.57 bits per heavy atom. The van der Waals surface area contributed by atoms with Crippen molar-refractivity contribution in [1.29, 1.82) is 0 Å². The molecule has 0 radical (unpaired) electrons. The van der Waals surface area contributed by atoms with Gasteiger partial charge in [0.15, 0.2) is 0 Å². The van der Waals surface area contributed by atoms with Crippen LogP contribution in [0.15, 0.2) is 42.0 Å². The largest absolute Gasteiger partial charge is 0.475 e. The van der Waals surface area contributed by atoms with E-state index in [1.165, 1.54) is 6.07 Å². The maximum Gasteiger partial charge on any atom is 0.374 e. The number of aromatic carboxylic acids is 1. The zero-order valence-electron chi connectivity index (χ0n) is 7.43. The molecular formula is C10H9NO3. The Hall–Kier alpha value is -2.10. The summed E-state index contributed by atoms with van der Waals surface area (Å²) in [5.74, 6) is -1.34. The fraction of sp³-hybridized carbons (Fsp3) is 0. The Morgan fingerprint density at radius 3 is 2.71 bits per heavy atom. The third-order valence-electron chi connectivity index (χ3n) is 1.53. The van der Waals surface area contributed by atoms with Gasteiger partial charge in [0.05, 0.1) is 0 Å². The molecule has 0 atom stereocenters. The highest BCUT2D eigenvalue weighted by Crippen LogP contribution is 2.15. The van der Waals surface area contributed by atoms with Crippen LogP contribution in [0.1, 0.15) is 16.2 Å². The van der Waals surface area contributed by atoms with E-state index in [-0.39, 0.29) is 5.76 Å². The normalized spacial score (nSPS) is 11.0. The van der Waals surface area contributed by atoms with Crippen molar-refractivity contribution in [3.63, 3.8) is 0 Å². The highest BCUT2D eigenvalue weighted by molar-refractivity contribution is 5.86. The van der Waals surface area contributed by atoms with Gasteiger partial charge < -0.3 is 9.63 Å². The molecule has 0 unspecified atom stereocenters. The number of carboxylic acid groups (broad SMARTS) is 1. The molecule has 4 nitrogen and oxygen atoms in total. The third kappa shape index (κ3) is 1.98. The molecule has 1 aromatic rings. The monoisotopic (exact) mass is 191 g/mol. The summed E-state index contributed by atoms with van der Waals surface area (Å²) in [6.45, 7) is 7.08. The van der Waals surface area contributed by atoms with Crippen LogP contribution in [0.3, 0.4) is 0 Å². The number of rotatable bonds is 4. The third-order valence-corrected chi connectivity index (χ3v) is 1.53. The van der Waals surface area contributed by atoms with Gasteiger partial charge in [-0.05, 0) is 0 Å². The van der Waals surface area contributed by atoms with E-state index < -0.39 is 5.97 Å². The Bertz CT molecular complexity index is 401. The van der Waals surface area contributed by atoms with Crippen molar-refractivity contribution < 1.29 is 14.4 Å². The van der Waals surface area contributed by atoms with Crippen LogP contribution in [0, 0.1) is 0 Å². The van der Waals surface area contributed by atoms with E-state index in [9.17, 15) is 4.79 Å². The molecule has 0 aliphatic carbocycles. The zero-order valence-corrected chi connectivity index (χ0v) is 7.43. The van der Waals surface area contributed by atoms with Crippen molar-refractivity contribution in [2.45, 2.75) is 0 Å². The number of carbonyl (C=O) groups is 1. The molecule has 0 aliphatic rings. The number of carboxylic acids is 1. The van der Waals surface area contributed by atoms with Crippen molar-refractivity contribution >= 4 is 11.5 Å². The molecule has 14 heavy (non-hydrogen) atoms. The Labute approximate surface area is 80.8 Å². The maximum atomic E-state index is 10.5. The lowest BCUT2D eigenvalue weighted by molar-refractivity contribution is 0.0652. The average molecular weight is 191 g/mol. The topological polar surface area (TPSA) is 63.3 Å². The van der Waals surface area contributed by atoms with E-state index in [2.05, 4.69) is 22.8 Å². The quantitative estimate of drug-likeness (QED) is 0.740. The van der Waals surface area contributed by atoms with Crippen LogP contribution in [0.4, 0.5) is 0 Å². The van der Waals surface area contributed by atoms with Gasteiger partial charge in [-0.15, -0.1) is 0 Å². The van der Waals surface area contributed by atoms with Gasteiger partial charge >= 0.3 is 5.97 Å². The molecule has 1 aromatic heterocycles. The average Bonchev–Trinajstić information content (AvgIpc) is 2.63. The van der Waals surface area contributed by atoms with Crippen LogP contribution in [-0.4, -0.2) is 16.2 Å². The molecule has 0 spiro atoms. The first kappa shape index (κ1) is 9.98. The second-order valence-electron chi connectivity index (χ2n) is 2.44. The van der Waals surface area contributed by atoms with Crippen LogP contribution in [-0.2, 0) is 0 Å². The van der Waals surface area contributed by atoms with Gasteiger partial charge in [-0.3, -0.25) is 0 Å². The molecule has 0 aliphatic heterocycles. The first-order chi connectivity index (χ1) is 6.69. The molecule has 0 saturated carbocycles. The van der Waals surface area contributed by atoms with E-state index in [4.69, 9.17) is 5.11 Å². The highest BCUT2D eigenvalue weighted by Gasteiger charge is 2.11. The number of hydrogen-bond donors (Lipinski definition) is 1. The molecule has 0 saturated heterocycles. The van der Waals surface area contributed by atoms with Crippen LogP contribution >= 0.6 is 0 Å². The molecule has 1 heterocycles. The number of hydrogen-bond acceptors (Lipinski definition) is 3. The number of nitrogens with zero attached hydrogens (tertiary/aromatic N) is 1. The second-order valence-corrected chi connectivity index (χ2v) is 2.44. The van der Waals surface area contributed by atoms with Gasteiger partial charge in [-0.1, -0.05) is 36.5 Å². The molecule has 0 fully saturated rings. The van der Waals surface area contributed by atoms with Crippen molar-refractivity contribution in [2.75, 3.05) is 0 Å². The van der Waals surface area contributed by atoms with Crippen molar-refractivity contribution in [3.05, 3.63) is 48.9 Å². The Morgan fingerprint density at radius 2 is 2.29 bits per heavy atom. The van der Waals surface area contributed by atoms with E-state index in [0.717, 1.165) is 0 Å².